The van der Waals surface area contributed by atoms with E-state index >= 15 is 0 Å². The lowest BCUT2D eigenvalue weighted by atomic mass is 10.6. The average molecular weight is 729 g/mol. The molecule has 0 saturated carbocycles. The summed E-state index contributed by atoms with van der Waals surface area (Å²) in [5, 5.41) is 0. The van der Waals surface area contributed by atoms with Crippen molar-refractivity contribution in [3.8, 4) is 0 Å². The fourth-order valence-corrected chi connectivity index (χ4v) is 3.77. The van der Waals surface area contributed by atoms with Crippen LogP contribution in [0.15, 0.2) is 0 Å². The van der Waals surface area contributed by atoms with Crippen molar-refractivity contribution >= 4 is 30.9 Å². The van der Waals surface area contributed by atoms with Gasteiger partial charge in [0.05, 0.1) is 152 Å². The fraction of sp³-hybridized carbons (Fsp3) is 1.00. The maximum Gasteiger partial charge on any atom is 0.183 e. The molecule has 0 aromatic rings. The van der Waals surface area contributed by atoms with E-state index in [1.54, 1.807) is 0 Å². The van der Waals surface area contributed by atoms with E-state index in [9.17, 15) is 0 Å². The van der Waals surface area contributed by atoms with Crippen LogP contribution in [0.3, 0.4) is 0 Å². The van der Waals surface area contributed by atoms with Crippen molar-refractivity contribution in [3.63, 3.8) is 0 Å². The first-order valence-corrected chi connectivity index (χ1v) is 19.5. The summed E-state index contributed by atoms with van der Waals surface area (Å²) in [6.45, 7) is 19.4. The molecule has 0 aliphatic rings. The number of hydrogen-bond acceptors (Lipinski definition) is 12. The second-order valence-corrected chi connectivity index (χ2v) is 15.0. The van der Waals surface area contributed by atoms with Crippen LogP contribution in [-0.2, 0) is 56.5 Å². The van der Waals surface area contributed by atoms with E-state index in [0.29, 0.717) is 145 Å². The Morgan fingerprint density at radius 2 is 0.463 bits per heavy atom. The molecule has 0 rings (SSSR count). The molecule has 0 bridgehead atoms. The van der Waals surface area contributed by atoms with Crippen LogP contribution >= 0.6 is 22.6 Å². The van der Waals surface area contributed by atoms with Crippen LogP contribution < -0.4 is 0 Å². The van der Waals surface area contributed by atoms with Crippen LogP contribution in [0.2, 0.25) is 19.6 Å². The van der Waals surface area contributed by atoms with Crippen molar-refractivity contribution in [2.75, 3.05) is 156 Å². The van der Waals surface area contributed by atoms with Gasteiger partial charge in [-0.15, -0.1) is 0 Å². The van der Waals surface area contributed by atoms with E-state index in [0.717, 1.165) is 11.0 Å². The smallest absolute Gasteiger partial charge is 0.183 e. The van der Waals surface area contributed by atoms with E-state index in [4.69, 9.17) is 56.5 Å². The summed E-state index contributed by atoms with van der Waals surface area (Å²) in [6.07, 6.45) is 0. The van der Waals surface area contributed by atoms with Gasteiger partial charge in [0.1, 0.15) is 0 Å². The second kappa shape index (κ2) is 35.0. The SMILES string of the molecule is C[Si](C)(C)OCCOCCOCCOCCOCCOCCOCCOCCOCCOCCOCCOCCI. The third kappa shape index (κ3) is 40.5. The molecule has 0 aromatic carbocycles. The van der Waals surface area contributed by atoms with Gasteiger partial charge in [-0.1, -0.05) is 22.6 Å². The summed E-state index contributed by atoms with van der Waals surface area (Å²) >= 11 is 2.28. The van der Waals surface area contributed by atoms with E-state index in [1.807, 2.05) is 0 Å². The zero-order valence-corrected chi connectivity index (χ0v) is 28.9. The predicted octanol–water partition coefficient (Wildman–Crippen LogP) is 2.46. The zero-order chi connectivity index (χ0) is 30.0. The highest BCUT2D eigenvalue weighted by atomic mass is 127. The summed E-state index contributed by atoms with van der Waals surface area (Å²) in [5.41, 5.74) is 0. The lowest BCUT2D eigenvalue weighted by molar-refractivity contribution is -0.0276. The second-order valence-electron chi connectivity index (χ2n) is 9.39. The van der Waals surface area contributed by atoms with Crippen molar-refractivity contribution < 1.29 is 56.5 Å². The van der Waals surface area contributed by atoms with Gasteiger partial charge in [-0.2, -0.15) is 0 Å². The van der Waals surface area contributed by atoms with Gasteiger partial charge in [0.25, 0.3) is 0 Å². The van der Waals surface area contributed by atoms with E-state index in [-0.39, 0.29) is 0 Å². The largest absolute Gasteiger partial charge is 0.415 e. The first-order valence-electron chi connectivity index (χ1n) is 14.6. The van der Waals surface area contributed by atoms with Crippen LogP contribution in [-0.4, -0.2) is 165 Å². The minimum Gasteiger partial charge on any atom is -0.415 e. The number of rotatable bonds is 36. The Balaban J connectivity index is 3.04. The maximum absolute atomic E-state index is 5.71. The van der Waals surface area contributed by atoms with Crippen molar-refractivity contribution in [1.82, 2.24) is 0 Å². The number of alkyl halides is 1. The molecule has 0 fully saturated rings. The minimum absolute atomic E-state index is 0.521. The monoisotopic (exact) mass is 728 g/mol. The van der Waals surface area contributed by atoms with Gasteiger partial charge >= 0.3 is 0 Å². The summed E-state index contributed by atoms with van der Waals surface area (Å²) in [6, 6.07) is 0. The normalized spacial score (nSPS) is 12.0. The molecule has 0 N–H and O–H groups in total. The Kier molecular flexibility index (Phi) is 35.3. The predicted molar refractivity (Wildman–Crippen MR) is 167 cm³/mol. The molecule has 0 aliphatic heterocycles. The van der Waals surface area contributed by atoms with Gasteiger partial charge in [0.15, 0.2) is 8.32 Å². The van der Waals surface area contributed by atoms with E-state index in [2.05, 4.69) is 42.2 Å². The fourth-order valence-electron chi connectivity index (χ4n) is 2.76. The molecule has 0 aliphatic carbocycles. The molecule has 0 radical (unpaired) electrons. The summed E-state index contributed by atoms with van der Waals surface area (Å²) < 4.78 is 66.6. The first-order chi connectivity index (χ1) is 20.1. The molecule has 14 heteroatoms. The highest BCUT2D eigenvalue weighted by Gasteiger charge is 2.13. The number of halogens is 1. The molecule has 12 nitrogen and oxygen atoms in total. The van der Waals surface area contributed by atoms with Gasteiger partial charge in [-0.05, 0) is 19.6 Å². The molecule has 0 atom stereocenters. The number of ether oxygens (including phenoxy) is 11. The molecular formula is C27H57IO12Si. The minimum atomic E-state index is -1.45. The van der Waals surface area contributed by atoms with Crippen molar-refractivity contribution in [2.24, 2.45) is 0 Å². The molecule has 0 amide bonds. The summed E-state index contributed by atoms with van der Waals surface area (Å²) in [7, 11) is -1.45. The van der Waals surface area contributed by atoms with Gasteiger partial charge in [-0.25, -0.2) is 0 Å². The molecule has 0 heterocycles. The van der Waals surface area contributed by atoms with Crippen LogP contribution in [0.5, 0.6) is 0 Å². The Morgan fingerprint density at radius 1 is 0.293 bits per heavy atom. The topological polar surface area (TPSA) is 111 Å². The lowest BCUT2D eigenvalue weighted by Gasteiger charge is -2.16. The molecule has 0 spiro atoms. The third-order valence-electron chi connectivity index (χ3n) is 4.70. The number of hydrogen-bond donors (Lipinski definition) is 0. The van der Waals surface area contributed by atoms with Gasteiger partial charge in [0.2, 0.25) is 0 Å². The zero-order valence-electron chi connectivity index (χ0n) is 25.7. The van der Waals surface area contributed by atoms with Crippen molar-refractivity contribution in [1.29, 1.82) is 0 Å². The van der Waals surface area contributed by atoms with E-state index in [1.165, 1.54) is 0 Å². The Bertz CT molecular complexity index is 492. The van der Waals surface area contributed by atoms with Gasteiger partial charge in [-0.3, -0.25) is 0 Å². The molecule has 41 heavy (non-hydrogen) atoms. The van der Waals surface area contributed by atoms with Crippen LogP contribution in [0, 0.1) is 0 Å². The summed E-state index contributed by atoms with van der Waals surface area (Å²) in [4.78, 5) is 0. The third-order valence-corrected chi connectivity index (χ3v) is 6.21. The Morgan fingerprint density at radius 3 is 0.634 bits per heavy atom. The average Bonchev–Trinajstić information content (AvgIpc) is 2.94. The van der Waals surface area contributed by atoms with Crippen LogP contribution in [0.1, 0.15) is 0 Å². The van der Waals surface area contributed by atoms with Crippen LogP contribution in [0.25, 0.3) is 0 Å². The highest BCUT2D eigenvalue weighted by Crippen LogP contribution is 2.01. The molecule has 0 aromatic heterocycles. The lowest BCUT2D eigenvalue weighted by Crippen LogP contribution is -2.27. The van der Waals surface area contributed by atoms with E-state index < -0.39 is 8.32 Å². The Hall–Kier alpha value is 0.467. The Labute approximate surface area is 262 Å². The van der Waals surface area contributed by atoms with Crippen molar-refractivity contribution in [3.05, 3.63) is 0 Å². The quantitative estimate of drug-likeness (QED) is 0.0409. The first kappa shape index (κ1) is 41.5. The molecule has 248 valence electrons. The van der Waals surface area contributed by atoms with Gasteiger partial charge < -0.3 is 56.5 Å². The maximum atomic E-state index is 5.71. The van der Waals surface area contributed by atoms with Gasteiger partial charge in [0, 0.05) is 4.43 Å². The van der Waals surface area contributed by atoms with Crippen LogP contribution in [0.4, 0.5) is 0 Å². The molecule has 0 saturated heterocycles. The molecular weight excluding hydrogens is 671 g/mol. The highest BCUT2D eigenvalue weighted by molar-refractivity contribution is 14.1. The summed E-state index contributed by atoms with van der Waals surface area (Å²) in [5.74, 6) is 0. The molecule has 0 unspecified atom stereocenters. The standard InChI is InChI=1S/C27H57IO12Si/c1-41(2,3)40-27-26-39-25-24-38-23-22-37-21-20-36-19-18-35-17-16-34-15-14-33-13-12-32-11-10-31-9-8-30-7-6-29-5-4-28/h4-27H2,1-3H3. The van der Waals surface area contributed by atoms with Crippen molar-refractivity contribution in [2.45, 2.75) is 19.6 Å².